The van der Waals surface area contributed by atoms with Gasteiger partial charge in [-0.2, -0.15) is 0 Å². The molecule has 2 N–H and O–H groups in total. The first kappa shape index (κ1) is 11.8. The molecule has 0 aliphatic carbocycles. The molecule has 4 heteroatoms. The summed E-state index contributed by atoms with van der Waals surface area (Å²) in [5.74, 6) is 0.970. The molecule has 2 rings (SSSR count). The lowest BCUT2D eigenvalue weighted by atomic mass is 10.0. The van der Waals surface area contributed by atoms with E-state index in [0.717, 1.165) is 28.5 Å². The summed E-state index contributed by atoms with van der Waals surface area (Å²) in [6.07, 6.45) is 1.84. The summed E-state index contributed by atoms with van der Waals surface area (Å²) in [5.41, 5.74) is 10.4. The van der Waals surface area contributed by atoms with Crippen LogP contribution < -0.4 is 5.73 Å². The van der Waals surface area contributed by atoms with Gasteiger partial charge in [-0.05, 0) is 38.5 Å². The molecule has 0 aliphatic heterocycles. The van der Waals surface area contributed by atoms with Crippen LogP contribution in [-0.4, -0.2) is 14.5 Å². The Hall–Kier alpha value is -1.68. The Labute approximate surface area is 102 Å². The Bertz CT molecular complexity index is 522. The van der Waals surface area contributed by atoms with Crippen molar-refractivity contribution in [1.29, 1.82) is 0 Å². The van der Waals surface area contributed by atoms with Gasteiger partial charge >= 0.3 is 0 Å². The van der Waals surface area contributed by atoms with Crippen LogP contribution in [0.4, 0.5) is 0 Å². The molecule has 90 valence electrons. The van der Waals surface area contributed by atoms with Gasteiger partial charge in [0.25, 0.3) is 0 Å². The van der Waals surface area contributed by atoms with Crippen molar-refractivity contribution < 1.29 is 0 Å². The Kier molecular flexibility index (Phi) is 2.98. The zero-order valence-corrected chi connectivity index (χ0v) is 10.7. The van der Waals surface area contributed by atoms with Gasteiger partial charge in [0.05, 0.1) is 17.9 Å². The van der Waals surface area contributed by atoms with Crippen LogP contribution in [-0.2, 0) is 7.05 Å². The highest BCUT2D eigenvalue weighted by molar-refractivity contribution is 5.29. The molecule has 0 spiro atoms. The van der Waals surface area contributed by atoms with Gasteiger partial charge in [-0.1, -0.05) is 0 Å². The molecule has 0 amide bonds. The molecular formula is C13H18N4. The monoisotopic (exact) mass is 230 g/mol. The van der Waals surface area contributed by atoms with Gasteiger partial charge in [-0.3, -0.25) is 4.98 Å². The van der Waals surface area contributed by atoms with E-state index in [2.05, 4.69) is 9.97 Å². The third-order valence-electron chi connectivity index (χ3n) is 3.04. The molecule has 0 saturated carbocycles. The summed E-state index contributed by atoms with van der Waals surface area (Å²) in [6, 6.07) is 3.90. The van der Waals surface area contributed by atoms with Crippen LogP contribution in [0.2, 0.25) is 0 Å². The van der Waals surface area contributed by atoms with Crippen molar-refractivity contribution in [1.82, 2.24) is 14.5 Å². The highest BCUT2D eigenvalue weighted by atomic mass is 15.1. The van der Waals surface area contributed by atoms with E-state index >= 15 is 0 Å². The Balaban J connectivity index is 2.43. The number of hydrogen-bond donors (Lipinski definition) is 1. The Morgan fingerprint density at radius 3 is 2.24 bits per heavy atom. The van der Waals surface area contributed by atoms with Gasteiger partial charge in [-0.25, -0.2) is 4.98 Å². The van der Waals surface area contributed by atoms with Crippen molar-refractivity contribution in [2.75, 3.05) is 0 Å². The third kappa shape index (κ3) is 2.22. The zero-order valence-electron chi connectivity index (χ0n) is 10.7. The first-order valence-electron chi connectivity index (χ1n) is 5.68. The molecule has 1 atom stereocenters. The number of pyridine rings is 1. The molecular weight excluding hydrogens is 212 g/mol. The van der Waals surface area contributed by atoms with Crippen LogP contribution in [0.3, 0.4) is 0 Å². The Morgan fingerprint density at radius 2 is 1.76 bits per heavy atom. The smallest absolute Gasteiger partial charge is 0.105 e. The maximum atomic E-state index is 6.28. The highest BCUT2D eigenvalue weighted by Crippen LogP contribution is 2.20. The van der Waals surface area contributed by atoms with Crippen LogP contribution in [0.1, 0.15) is 34.5 Å². The quantitative estimate of drug-likeness (QED) is 0.855. The Morgan fingerprint density at radius 1 is 1.18 bits per heavy atom. The molecule has 0 radical (unpaired) electrons. The summed E-state index contributed by atoms with van der Waals surface area (Å²) in [5, 5.41) is 0. The van der Waals surface area contributed by atoms with E-state index in [1.54, 1.807) is 0 Å². The maximum Gasteiger partial charge on any atom is 0.105 e. The van der Waals surface area contributed by atoms with E-state index in [0.29, 0.717) is 0 Å². The molecule has 1 unspecified atom stereocenters. The second-order valence-corrected chi connectivity index (χ2v) is 4.45. The van der Waals surface area contributed by atoms with Crippen molar-refractivity contribution in [2.45, 2.75) is 26.8 Å². The molecule has 2 aromatic heterocycles. The lowest BCUT2D eigenvalue weighted by Gasteiger charge is -2.14. The topological polar surface area (TPSA) is 56.7 Å². The van der Waals surface area contributed by atoms with Crippen molar-refractivity contribution in [3.63, 3.8) is 0 Å². The number of rotatable bonds is 2. The summed E-state index contributed by atoms with van der Waals surface area (Å²) in [4.78, 5) is 8.63. The minimum Gasteiger partial charge on any atom is -0.334 e. The van der Waals surface area contributed by atoms with Crippen molar-refractivity contribution >= 4 is 0 Å². The van der Waals surface area contributed by atoms with E-state index in [4.69, 9.17) is 5.73 Å². The first-order valence-corrected chi connectivity index (χ1v) is 5.68. The molecule has 2 heterocycles. The van der Waals surface area contributed by atoms with E-state index in [9.17, 15) is 0 Å². The lowest BCUT2D eigenvalue weighted by molar-refractivity contribution is 0.726. The first-order chi connectivity index (χ1) is 7.99. The summed E-state index contributed by atoms with van der Waals surface area (Å²) >= 11 is 0. The van der Waals surface area contributed by atoms with E-state index in [1.807, 2.05) is 50.7 Å². The van der Waals surface area contributed by atoms with Gasteiger partial charge in [0.2, 0.25) is 0 Å². The second-order valence-electron chi connectivity index (χ2n) is 4.45. The summed E-state index contributed by atoms with van der Waals surface area (Å²) in [7, 11) is 1.98. The van der Waals surface area contributed by atoms with E-state index in [1.165, 1.54) is 0 Å². The predicted molar refractivity (Wildman–Crippen MR) is 67.7 cm³/mol. The fraction of sp³-hybridized carbons (Fsp3) is 0.385. The molecule has 0 aromatic carbocycles. The standard InChI is InChI=1S/C13H18N4/c1-8-5-11(6-9(2)16-8)13(14)12-7-15-10(3)17(12)4/h5-7,13H,14H2,1-4H3. The largest absolute Gasteiger partial charge is 0.334 e. The molecule has 17 heavy (non-hydrogen) atoms. The maximum absolute atomic E-state index is 6.28. The SMILES string of the molecule is Cc1cc(C(N)c2cnc(C)n2C)cc(C)n1. The van der Waals surface area contributed by atoms with Crippen molar-refractivity contribution in [3.05, 3.63) is 46.8 Å². The number of aryl methyl sites for hydroxylation is 3. The molecule has 2 aromatic rings. The number of imidazole rings is 1. The second kappa shape index (κ2) is 4.30. The predicted octanol–water partition coefficient (Wildman–Crippen LogP) is 1.79. The number of hydrogen-bond acceptors (Lipinski definition) is 3. The lowest BCUT2D eigenvalue weighted by Crippen LogP contribution is -2.16. The fourth-order valence-corrected chi connectivity index (χ4v) is 2.03. The van der Waals surface area contributed by atoms with E-state index < -0.39 is 0 Å². The van der Waals surface area contributed by atoms with Crippen LogP contribution in [0.15, 0.2) is 18.3 Å². The minimum atomic E-state index is -0.151. The van der Waals surface area contributed by atoms with Crippen LogP contribution in [0.5, 0.6) is 0 Å². The number of nitrogens with two attached hydrogens (primary N) is 1. The van der Waals surface area contributed by atoms with Crippen LogP contribution in [0.25, 0.3) is 0 Å². The van der Waals surface area contributed by atoms with Crippen LogP contribution in [0, 0.1) is 20.8 Å². The van der Waals surface area contributed by atoms with Crippen molar-refractivity contribution in [2.24, 2.45) is 12.8 Å². The summed E-state index contributed by atoms with van der Waals surface area (Å²) < 4.78 is 2.02. The molecule has 0 saturated heterocycles. The van der Waals surface area contributed by atoms with Gasteiger partial charge in [0.1, 0.15) is 5.82 Å². The summed E-state index contributed by atoms with van der Waals surface area (Å²) in [6.45, 7) is 5.94. The molecule has 0 aliphatic rings. The van der Waals surface area contributed by atoms with Crippen molar-refractivity contribution in [3.8, 4) is 0 Å². The molecule has 0 bridgehead atoms. The minimum absolute atomic E-state index is 0.151. The molecule has 0 fully saturated rings. The van der Waals surface area contributed by atoms with Crippen LogP contribution >= 0.6 is 0 Å². The van der Waals surface area contributed by atoms with E-state index in [-0.39, 0.29) is 6.04 Å². The normalized spacial score (nSPS) is 12.8. The van der Waals surface area contributed by atoms with Gasteiger partial charge in [0, 0.05) is 18.4 Å². The number of nitrogens with zero attached hydrogens (tertiary/aromatic N) is 3. The molecule has 4 nitrogen and oxygen atoms in total. The fourth-order valence-electron chi connectivity index (χ4n) is 2.03. The highest BCUT2D eigenvalue weighted by Gasteiger charge is 2.14. The zero-order chi connectivity index (χ0) is 12.6. The number of aromatic nitrogens is 3. The van der Waals surface area contributed by atoms with Gasteiger partial charge in [-0.15, -0.1) is 0 Å². The average molecular weight is 230 g/mol. The van der Waals surface area contributed by atoms with Gasteiger partial charge < -0.3 is 10.3 Å². The van der Waals surface area contributed by atoms with Gasteiger partial charge in [0.15, 0.2) is 0 Å². The average Bonchev–Trinajstić information content (AvgIpc) is 2.57. The third-order valence-corrected chi connectivity index (χ3v) is 3.04.